The first-order valence-corrected chi connectivity index (χ1v) is 11.2. The zero-order chi connectivity index (χ0) is 21.1. The van der Waals surface area contributed by atoms with Crippen molar-refractivity contribution >= 4 is 32.8 Å². The molecule has 1 unspecified atom stereocenters. The fraction of sp³-hybridized carbons (Fsp3) is 0.591. The highest BCUT2D eigenvalue weighted by atomic mass is 79.9. The number of hydrogen-bond donors (Lipinski definition) is 0. The lowest BCUT2D eigenvalue weighted by Gasteiger charge is -2.26. The molecular weight excluding hydrogens is 434 g/mol. The number of ether oxygens (including phenoxy) is 2. The average Bonchev–Trinajstić information content (AvgIpc) is 3.30. The van der Waals surface area contributed by atoms with Crippen LogP contribution in [-0.2, 0) is 18.3 Å². The van der Waals surface area contributed by atoms with Crippen molar-refractivity contribution in [3.8, 4) is 5.75 Å². The Bertz CT molecular complexity index is 870. The normalized spacial score (nSPS) is 16.0. The van der Waals surface area contributed by atoms with Crippen molar-refractivity contribution in [2.75, 3.05) is 33.3 Å². The summed E-state index contributed by atoms with van der Waals surface area (Å²) < 4.78 is 14.4. The summed E-state index contributed by atoms with van der Waals surface area (Å²) in [5.74, 6) is 0.440. The molecule has 0 saturated carbocycles. The zero-order valence-corrected chi connectivity index (χ0v) is 19.7. The quantitative estimate of drug-likeness (QED) is 0.427. The van der Waals surface area contributed by atoms with Gasteiger partial charge in [0.2, 0.25) is 0 Å². The van der Waals surface area contributed by atoms with E-state index >= 15 is 0 Å². The maximum absolute atomic E-state index is 13.4. The molecule has 1 aromatic heterocycles. The molecule has 0 amide bonds. The molecule has 1 aromatic carbocycles. The van der Waals surface area contributed by atoms with Gasteiger partial charge in [0.15, 0.2) is 6.23 Å². The molecule has 2 heterocycles. The number of hydrogen-bond acceptors (Lipinski definition) is 5. The van der Waals surface area contributed by atoms with E-state index in [2.05, 4.69) is 44.1 Å². The van der Waals surface area contributed by atoms with Gasteiger partial charge in [-0.3, -0.25) is 9.80 Å². The fourth-order valence-electron chi connectivity index (χ4n) is 4.24. The Hall–Kier alpha value is -1.57. The van der Waals surface area contributed by atoms with Crippen LogP contribution in [0.3, 0.4) is 0 Å². The van der Waals surface area contributed by atoms with Gasteiger partial charge in [-0.05, 0) is 74.0 Å². The summed E-state index contributed by atoms with van der Waals surface area (Å²) in [5.41, 5.74) is 2.65. The maximum atomic E-state index is 13.4. The molecule has 1 saturated heterocycles. The first-order chi connectivity index (χ1) is 13.9. The monoisotopic (exact) mass is 465 g/mol. The lowest BCUT2D eigenvalue weighted by Crippen LogP contribution is -2.36. The molecule has 0 spiro atoms. The summed E-state index contributed by atoms with van der Waals surface area (Å²) in [6, 6.07) is 3.96. The van der Waals surface area contributed by atoms with Crippen LogP contribution in [0, 0.1) is 0 Å². The second kappa shape index (κ2) is 9.49. The van der Waals surface area contributed by atoms with Crippen molar-refractivity contribution in [3.63, 3.8) is 0 Å². The number of aromatic nitrogens is 1. The highest BCUT2D eigenvalue weighted by Gasteiger charge is 2.27. The Morgan fingerprint density at radius 2 is 1.90 bits per heavy atom. The number of methoxy groups -OCH3 is 1. The minimum atomic E-state index is -0.273. The number of likely N-dealkylation sites (tertiary alicyclic amines) is 1. The largest absolute Gasteiger partial charge is 0.496 e. The van der Waals surface area contributed by atoms with Crippen molar-refractivity contribution in [1.29, 1.82) is 0 Å². The van der Waals surface area contributed by atoms with Gasteiger partial charge in [-0.2, -0.15) is 0 Å². The van der Waals surface area contributed by atoms with Gasteiger partial charge in [0.1, 0.15) is 5.75 Å². The van der Waals surface area contributed by atoms with E-state index in [9.17, 15) is 4.79 Å². The molecular formula is C22H32BrN3O3. The Morgan fingerprint density at radius 3 is 2.48 bits per heavy atom. The predicted molar refractivity (Wildman–Crippen MR) is 119 cm³/mol. The molecule has 2 aromatic rings. The standard InChI is InChI=1S/C22H32BrN3O3/c1-6-26(7-2)15(3)29-22(27)21-16-12-20(28-5)17(23)13-18(16)24(4)19(21)14-25-10-8-9-11-25/h12-13,15H,6-11,14H2,1-5H3. The molecule has 0 radical (unpaired) electrons. The van der Waals surface area contributed by atoms with Crippen LogP contribution in [-0.4, -0.2) is 59.9 Å². The summed E-state index contributed by atoms with van der Waals surface area (Å²) >= 11 is 3.58. The zero-order valence-electron chi connectivity index (χ0n) is 18.1. The van der Waals surface area contributed by atoms with Gasteiger partial charge in [0, 0.05) is 24.7 Å². The number of benzene rings is 1. The van der Waals surface area contributed by atoms with Crippen LogP contribution < -0.4 is 4.74 Å². The molecule has 29 heavy (non-hydrogen) atoms. The van der Waals surface area contributed by atoms with Crippen molar-refractivity contribution < 1.29 is 14.3 Å². The Kier molecular flexibility index (Phi) is 7.24. The first kappa shape index (κ1) is 22.1. The SMILES string of the molecule is CCN(CC)C(C)OC(=O)c1c(CN2CCCC2)n(C)c2cc(Br)c(OC)cc12. The second-order valence-corrected chi connectivity index (χ2v) is 8.45. The van der Waals surface area contributed by atoms with Gasteiger partial charge >= 0.3 is 5.97 Å². The van der Waals surface area contributed by atoms with Gasteiger partial charge < -0.3 is 14.0 Å². The van der Waals surface area contributed by atoms with Crippen LogP contribution in [0.25, 0.3) is 10.9 Å². The molecule has 1 fully saturated rings. The number of aryl methyl sites for hydroxylation is 1. The summed E-state index contributed by atoms with van der Waals surface area (Å²) in [6.07, 6.45) is 2.15. The third-order valence-corrected chi connectivity index (χ3v) is 6.59. The molecule has 1 aliphatic heterocycles. The Morgan fingerprint density at radius 1 is 1.24 bits per heavy atom. The van der Waals surface area contributed by atoms with Crippen molar-refractivity contribution in [2.24, 2.45) is 7.05 Å². The van der Waals surface area contributed by atoms with Gasteiger partial charge in [-0.15, -0.1) is 0 Å². The lowest BCUT2D eigenvalue weighted by molar-refractivity contribution is -0.0196. The van der Waals surface area contributed by atoms with Gasteiger partial charge in [-0.1, -0.05) is 13.8 Å². The van der Waals surface area contributed by atoms with E-state index in [1.165, 1.54) is 12.8 Å². The molecule has 7 heteroatoms. The van der Waals surface area contributed by atoms with E-state index < -0.39 is 0 Å². The molecule has 1 aliphatic rings. The van der Waals surface area contributed by atoms with Gasteiger partial charge in [0.25, 0.3) is 0 Å². The maximum Gasteiger partial charge on any atom is 0.342 e. The van der Waals surface area contributed by atoms with Crippen LogP contribution in [0.15, 0.2) is 16.6 Å². The van der Waals surface area contributed by atoms with Crippen molar-refractivity contribution in [2.45, 2.75) is 46.4 Å². The molecule has 1 atom stereocenters. The van der Waals surface area contributed by atoms with E-state index in [1.807, 2.05) is 26.1 Å². The van der Waals surface area contributed by atoms with Crippen LogP contribution >= 0.6 is 15.9 Å². The number of fused-ring (bicyclic) bond motifs is 1. The van der Waals surface area contributed by atoms with Crippen LogP contribution in [0.1, 0.15) is 49.7 Å². The number of rotatable bonds is 8. The first-order valence-electron chi connectivity index (χ1n) is 10.4. The number of carbonyl (C=O) groups excluding carboxylic acids is 1. The highest BCUT2D eigenvalue weighted by molar-refractivity contribution is 9.10. The highest BCUT2D eigenvalue weighted by Crippen LogP contribution is 2.36. The van der Waals surface area contributed by atoms with Crippen LogP contribution in [0.4, 0.5) is 0 Å². The molecule has 0 aliphatic carbocycles. The Balaban J connectivity index is 2.06. The van der Waals surface area contributed by atoms with E-state index in [4.69, 9.17) is 9.47 Å². The van der Waals surface area contributed by atoms with Crippen molar-refractivity contribution in [1.82, 2.24) is 14.4 Å². The Labute approximate surface area is 181 Å². The molecule has 0 bridgehead atoms. The number of esters is 1. The van der Waals surface area contributed by atoms with E-state index in [-0.39, 0.29) is 12.2 Å². The molecule has 0 N–H and O–H groups in total. The predicted octanol–water partition coefficient (Wildman–Crippen LogP) is 4.39. The second-order valence-electron chi connectivity index (χ2n) is 7.59. The minimum absolute atomic E-state index is 0.270. The van der Waals surface area contributed by atoms with E-state index in [1.54, 1.807) is 7.11 Å². The molecule has 6 nitrogen and oxygen atoms in total. The van der Waals surface area contributed by atoms with E-state index in [0.29, 0.717) is 11.3 Å². The summed E-state index contributed by atoms with van der Waals surface area (Å²) in [5, 5.41) is 0.874. The van der Waals surface area contributed by atoms with Crippen molar-refractivity contribution in [3.05, 3.63) is 27.9 Å². The number of nitrogens with zero attached hydrogens (tertiary/aromatic N) is 3. The smallest absolute Gasteiger partial charge is 0.342 e. The van der Waals surface area contributed by atoms with E-state index in [0.717, 1.165) is 53.8 Å². The van der Waals surface area contributed by atoms with Crippen LogP contribution in [0.2, 0.25) is 0 Å². The third-order valence-electron chi connectivity index (χ3n) is 5.97. The molecule has 3 rings (SSSR count). The molecule has 160 valence electrons. The minimum Gasteiger partial charge on any atom is -0.496 e. The number of halogens is 1. The van der Waals surface area contributed by atoms with Gasteiger partial charge in [0.05, 0.1) is 22.7 Å². The lowest BCUT2D eigenvalue weighted by atomic mass is 10.1. The summed E-state index contributed by atoms with van der Waals surface area (Å²) in [6.45, 7) is 10.6. The summed E-state index contributed by atoms with van der Waals surface area (Å²) in [4.78, 5) is 17.9. The fourth-order valence-corrected chi connectivity index (χ4v) is 4.73. The van der Waals surface area contributed by atoms with Crippen LogP contribution in [0.5, 0.6) is 5.75 Å². The average molecular weight is 466 g/mol. The summed E-state index contributed by atoms with van der Waals surface area (Å²) in [7, 11) is 3.66. The topological polar surface area (TPSA) is 46.9 Å². The third kappa shape index (κ3) is 4.47. The van der Waals surface area contributed by atoms with Gasteiger partial charge in [-0.25, -0.2) is 4.79 Å². The number of carbonyl (C=O) groups is 1.